The SMILES string of the molecule is FC(F)(F)c1ccc(-c2nc3ccccc3[nH]2)s1. The minimum Gasteiger partial charge on any atom is -0.337 e. The second-order valence-electron chi connectivity index (χ2n) is 3.76. The lowest BCUT2D eigenvalue weighted by Crippen LogP contribution is -2.00. The Bertz CT molecular complexity index is 663. The summed E-state index contributed by atoms with van der Waals surface area (Å²) in [6.45, 7) is 0. The molecule has 0 saturated carbocycles. The molecule has 2 aromatic heterocycles. The average molecular weight is 268 g/mol. The number of aromatic amines is 1. The van der Waals surface area contributed by atoms with Crippen LogP contribution in [0.5, 0.6) is 0 Å². The number of nitrogens with one attached hydrogen (secondary N) is 1. The first-order chi connectivity index (χ1) is 8.54. The Morgan fingerprint density at radius 1 is 1.06 bits per heavy atom. The molecule has 2 nitrogen and oxygen atoms in total. The summed E-state index contributed by atoms with van der Waals surface area (Å²) >= 11 is 0.689. The molecule has 1 aromatic carbocycles. The van der Waals surface area contributed by atoms with Gasteiger partial charge in [-0.05, 0) is 24.3 Å². The van der Waals surface area contributed by atoms with Crippen LogP contribution in [0, 0.1) is 0 Å². The summed E-state index contributed by atoms with van der Waals surface area (Å²) in [7, 11) is 0. The van der Waals surface area contributed by atoms with Crippen LogP contribution in [0.25, 0.3) is 21.7 Å². The molecule has 0 atom stereocenters. The molecule has 1 N–H and O–H groups in total. The largest absolute Gasteiger partial charge is 0.425 e. The fourth-order valence-electron chi connectivity index (χ4n) is 1.69. The van der Waals surface area contributed by atoms with Gasteiger partial charge in [0.05, 0.1) is 15.9 Å². The molecule has 0 spiro atoms. The lowest BCUT2D eigenvalue weighted by atomic mass is 10.3. The number of thiophene rings is 1. The van der Waals surface area contributed by atoms with Gasteiger partial charge in [-0.3, -0.25) is 0 Å². The van der Waals surface area contributed by atoms with Crippen LogP contribution in [0.2, 0.25) is 0 Å². The van der Waals surface area contributed by atoms with Crippen molar-refractivity contribution in [2.24, 2.45) is 0 Å². The van der Waals surface area contributed by atoms with Gasteiger partial charge in [0, 0.05) is 0 Å². The fraction of sp³-hybridized carbons (Fsp3) is 0.0833. The van der Waals surface area contributed by atoms with E-state index in [-0.39, 0.29) is 0 Å². The third-order valence-corrected chi connectivity index (χ3v) is 3.64. The van der Waals surface area contributed by atoms with Crippen LogP contribution in [-0.4, -0.2) is 9.97 Å². The summed E-state index contributed by atoms with van der Waals surface area (Å²) in [5, 5.41) is 0. The predicted molar refractivity (Wildman–Crippen MR) is 64.4 cm³/mol. The number of aromatic nitrogens is 2. The zero-order valence-corrected chi connectivity index (χ0v) is 9.77. The third-order valence-electron chi connectivity index (χ3n) is 2.51. The molecule has 3 rings (SSSR count). The highest BCUT2D eigenvalue weighted by Crippen LogP contribution is 2.37. The quantitative estimate of drug-likeness (QED) is 0.700. The van der Waals surface area contributed by atoms with Crippen molar-refractivity contribution in [1.82, 2.24) is 9.97 Å². The van der Waals surface area contributed by atoms with Gasteiger partial charge in [-0.1, -0.05) is 12.1 Å². The Morgan fingerprint density at radius 3 is 2.50 bits per heavy atom. The van der Waals surface area contributed by atoms with Gasteiger partial charge < -0.3 is 4.98 Å². The van der Waals surface area contributed by atoms with E-state index in [0.29, 0.717) is 22.0 Å². The van der Waals surface area contributed by atoms with E-state index in [0.717, 1.165) is 17.1 Å². The lowest BCUT2D eigenvalue weighted by Gasteiger charge is -2.00. The molecule has 0 unspecified atom stereocenters. The van der Waals surface area contributed by atoms with Gasteiger partial charge in [0.1, 0.15) is 10.7 Å². The zero-order valence-electron chi connectivity index (χ0n) is 8.95. The van der Waals surface area contributed by atoms with Crippen LogP contribution in [-0.2, 0) is 6.18 Å². The number of benzene rings is 1. The van der Waals surface area contributed by atoms with Crippen molar-refractivity contribution in [3.05, 3.63) is 41.3 Å². The van der Waals surface area contributed by atoms with Gasteiger partial charge >= 0.3 is 6.18 Å². The average Bonchev–Trinajstić information content (AvgIpc) is 2.94. The number of para-hydroxylation sites is 2. The van der Waals surface area contributed by atoms with Crippen molar-refractivity contribution in [2.45, 2.75) is 6.18 Å². The van der Waals surface area contributed by atoms with Gasteiger partial charge in [0.15, 0.2) is 0 Å². The van der Waals surface area contributed by atoms with Gasteiger partial charge in [0.25, 0.3) is 0 Å². The molecule has 92 valence electrons. The first kappa shape index (κ1) is 11.3. The van der Waals surface area contributed by atoms with Crippen molar-refractivity contribution in [1.29, 1.82) is 0 Å². The Kier molecular flexibility index (Phi) is 2.41. The van der Waals surface area contributed by atoms with Gasteiger partial charge in [-0.2, -0.15) is 13.2 Å². The number of imidazole rings is 1. The molecule has 0 aliphatic heterocycles. The predicted octanol–water partition coefficient (Wildman–Crippen LogP) is 4.31. The molecule has 0 amide bonds. The maximum absolute atomic E-state index is 12.5. The van der Waals surface area contributed by atoms with E-state index < -0.39 is 11.1 Å². The molecule has 0 radical (unpaired) electrons. The minimum atomic E-state index is -4.30. The summed E-state index contributed by atoms with van der Waals surface area (Å²) in [4.78, 5) is 7.15. The second kappa shape index (κ2) is 3.84. The number of fused-ring (bicyclic) bond motifs is 1. The van der Waals surface area contributed by atoms with Crippen LogP contribution in [0.1, 0.15) is 4.88 Å². The highest BCUT2D eigenvalue weighted by Gasteiger charge is 2.32. The first-order valence-electron chi connectivity index (χ1n) is 5.16. The highest BCUT2D eigenvalue weighted by atomic mass is 32.1. The van der Waals surface area contributed by atoms with E-state index >= 15 is 0 Å². The molecule has 6 heteroatoms. The zero-order chi connectivity index (χ0) is 12.8. The maximum atomic E-state index is 12.5. The van der Waals surface area contributed by atoms with E-state index in [9.17, 15) is 13.2 Å². The first-order valence-corrected chi connectivity index (χ1v) is 5.98. The smallest absolute Gasteiger partial charge is 0.337 e. The number of hydrogen-bond donors (Lipinski definition) is 1. The topological polar surface area (TPSA) is 28.7 Å². The fourth-order valence-corrected chi connectivity index (χ4v) is 2.51. The molecule has 0 bridgehead atoms. The summed E-state index contributed by atoms with van der Waals surface area (Å²) in [5.41, 5.74) is 1.56. The number of H-pyrrole nitrogens is 1. The number of hydrogen-bond acceptors (Lipinski definition) is 2. The molecule has 3 aromatic rings. The van der Waals surface area contributed by atoms with E-state index in [1.54, 1.807) is 0 Å². The molecular formula is C12H7F3N2S. The van der Waals surface area contributed by atoms with Crippen LogP contribution in [0.4, 0.5) is 13.2 Å². The van der Waals surface area contributed by atoms with Crippen LogP contribution < -0.4 is 0 Å². The van der Waals surface area contributed by atoms with Crippen molar-refractivity contribution >= 4 is 22.4 Å². The Hall–Kier alpha value is -1.82. The molecule has 0 fully saturated rings. The summed E-state index contributed by atoms with van der Waals surface area (Å²) in [6, 6.07) is 9.85. The van der Waals surface area contributed by atoms with E-state index in [4.69, 9.17) is 0 Å². The van der Waals surface area contributed by atoms with Gasteiger partial charge in [-0.25, -0.2) is 4.98 Å². The number of alkyl halides is 3. The van der Waals surface area contributed by atoms with E-state index in [1.165, 1.54) is 6.07 Å². The summed E-state index contributed by atoms with van der Waals surface area (Å²) in [6.07, 6.45) is -4.30. The maximum Gasteiger partial charge on any atom is 0.425 e. The van der Waals surface area contributed by atoms with Crippen molar-refractivity contribution in [2.75, 3.05) is 0 Å². The molecular weight excluding hydrogens is 261 g/mol. The standard InChI is InChI=1S/C12H7F3N2S/c13-12(14,15)10-6-5-9(18-10)11-16-7-3-1-2-4-8(7)17-11/h1-6H,(H,16,17). The molecule has 0 saturated heterocycles. The molecule has 0 aliphatic rings. The van der Waals surface area contributed by atoms with Gasteiger partial charge in [0.2, 0.25) is 0 Å². The monoisotopic (exact) mass is 268 g/mol. The number of rotatable bonds is 1. The molecule has 2 heterocycles. The van der Waals surface area contributed by atoms with Crippen molar-refractivity contribution in [3.8, 4) is 10.7 Å². The van der Waals surface area contributed by atoms with Crippen LogP contribution >= 0.6 is 11.3 Å². The van der Waals surface area contributed by atoms with E-state index in [2.05, 4.69) is 9.97 Å². The molecule has 0 aliphatic carbocycles. The number of nitrogens with zero attached hydrogens (tertiary/aromatic N) is 1. The Morgan fingerprint density at radius 2 is 1.83 bits per heavy atom. The van der Waals surface area contributed by atoms with Crippen molar-refractivity contribution in [3.63, 3.8) is 0 Å². The second-order valence-corrected chi connectivity index (χ2v) is 4.85. The molecule has 18 heavy (non-hydrogen) atoms. The normalized spacial score (nSPS) is 12.2. The van der Waals surface area contributed by atoms with E-state index in [1.807, 2.05) is 24.3 Å². The summed E-state index contributed by atoms with van der Waals surface area (Å²) < 4.78 is 37.5. The van der Waals surface area contributed by atoms with Crippen LogP contribution in [0.15, 0.2) is 36.4 Å². The summed E-state index contributed by atoms with van der Waals surface area (Å²) in [5.74, 6) is 0.469. The highest BCUT2D eigenvalue weighted by molar-refractivity contribution is 7.15. The number of halogens is 3. The van der Waals surface area contributed by atoms with Crippen molar-refractivity contribution < 1.29 is 13.2 Å². The van der Waals surface area contributed by atoms with Crippen LogP contribution in [0.3, 0.4) is 0 Å². The Labute approximate surface area is 104 Å². The minimum absolute atomic E-state index is 0.469. The third kappa shape index (κ3) is 1.88. The lowest BCUT2D eigenvalue weighted by molar-refractivity contribution is -0.134. The Balaban J connectivity index is 2.06. The van der Waals surface area contributed by atoms with Gasteiger partial charge in [-0.15, -0.1) is 11.3 Å².